The van der Waals surface area contributed by atoms with Crippen molar-refractivity contribution in [2.45, 2.75) is 13.5 Å². The lowest BCUT2D eigenvalue weighted by atomic mass is 10.2. The lowest BCUT2D eigenvalue weighted by Crippen LogP contribution is -2.42. The SMILES string of the molecule is Cc1cn(CC(=O)N2CCOCC2)c2ccccc12. The maximum Gasteiger partial charge on any atom is 0.242 e. The van der Waals surface area contributed by atoms with Crippen molar-refractivity contribution in [2.24, 2.45) is 0 Å². The number of aromatic nitrogens is 1. The molecule has 0 aliphatic carbocycles. The smallest absolute Gasteiger partial charge is 0.242 e. The number of carbonyl (C=O) groups is 1. The van der Waals surface area contributed by atoms with Gasteiger partial charge in [0.25, 0.3) is 0 Å². The van der Waals surface area contributed by atoms with Crippen molar-refractivity contribution in [1.82, 2.24) is 9.47 Å². The third-order valence-corrected chi connectivity index (χ3v) is 3.66. The Morgan fingerprint density at radius 3 is 2.79 bits per heavy atom. The number of carbonyl (C=O) groups excluding carboxylic acids is 1. The van der Waals surface area contributed by atoms with Crippen molar-refractivity contribution >= 4 is 16.8 Å². The average molecular weight is 258 g/mol. The van der Waals surface area contributed by atoms with Crippen LogP contribution in [0, 0.1) is 6.92 Å². The summed E-state index contributed by atoms with van der Waals surface area (Å²) in [5.41, 5.74) is 2.34. The number of para-hydroxylation sites is 1. The van der Waals surface area contributed by atoms with Gasteiger partial charge in [-0.1, -0.05) is 18.2 Å². The first-order valence-electron chi connectivity index (χ1n) is 6.66. The molecule has 1 fully saturated rings. The van der Waals surface area contributed by atoms with E-state index in [-0.39, 0.29) is 5.91 Å². The lowest BCUT2D eigenvalue weighted by Gasteiger charge is -2.27. The van der Waals surface area contributed by atoms with Gasteiger partial charge in [0.2, 0.25) is 5.91 Å². The summed E-state index contributed by atoms with van der Waals surface area (Å²) >= 11 is 0. The zero-order valence-corrected chi connectivity index (χ0v) is 11.1. The summed E-state index contributed by atoms with van der Waals surface area (Å²) in [7, 11) is 0. The molecule has 1 aliphatic heterocycles. The molecule has 1 amide bonds. The fourth-order valence-corrected chi connectivity index (χ4v) is 2.62. The van der Waals surface area contributed by atoms with Crippen molar-refractivity contribution in [3.63, 3.8) is 0 Å². The molecule has 1 aromatic carbocycles. The van der Waals surface area contributed by atoms with Gasteiger partial charge >= 0.3 is 0 Å². The second-order valence-electron chi connectivity index (χ2n) is 4.95. The number of hydrogen-bond donors (Lipinski definition) is 0. The Kier molecular flexibility index (Phi) is 3.25. The highest BCUT2D eigenvalue weighted by molar-refractivity contribution is 5.86. The second kappa shape index (κ2) is 5.05. The van der Waals surface area contributed by atoms with Gasteiger partial charge in [0, 0.05) is 30.2 Å². The van der Waals surface area contributed by atoms with Crippen molar-refractivity contribution in [2.75, 3.05) is 26.3 Å². The summed E-state index contributed by atoms with van der Waals surface area (Å²) in [6.07, 6.45) is 2.06. The molecule has 2 heterocycles. The molecule has 1 aromatic heterocycles. The maximum absolute atomic E-state index is 12.3. The molecule has 0 spiro atoms. The highest BCUT2D eigenvalue weighted by Gasteiger charge is 2.17. The molecule has 4 heteroatoms. The van der Waals surface area contributed by atoms with Gasteiger partial charge in [-0.3, -0.25) is 4.79 Å². The molecule has 4 nitrogen and oxygen atoms in total. The molecule has 0 N–H and O–H groups in total. The van der Waals surface area contributed by atoms with Crippen molar-refractivity contribution < 1.29 is 9.53 Å². The van der Waals surface area contributed by atoms with E-state index >= 15 is 0 Å². The first-order chi connectivity index (χ1) is 9.25. The van der Waals surface area contributed by atoms with E-state index in [0.717, 1.165) is 5.52 Å². The molecular weight excluding hydrogens is 240 g/mol. The first kappa shape index (κ1) is 12.2. The zero-order valence-electron chi connectivity index (χ0n) is 11.1. The number of ether oxygens (including phenoxy) is 1. The highest BCUT2D eigenvalue weighted by atomic mass is 16.5. The molecule has 100 valence electrons. The number of nitrogens with zero attached hydrogens (tertiary/aromatic N) is 2. The Bertz CT molecular complexity index is 597. The molecule has 1 saturated heterocycles. The maximum atomic E-state index is 12.3. The summed E-state index contributed by atoms with van der Waals surface area (Å²) in [4.78, 5) is 14.2. The van der Waals surface area contributed by atoms with Crippen LogP contribution >= 0.6 is 0 Å². The van der Waals surface area contributed by atoms with Gasteiger partial charge in [-0.05, 0) is 18.6 Å². The van der Waals surface area contributed by atoms with Gasteiger partial charge in [0.05, 0.1) is 13.2 Å². The number of morpholine rings is 1. The Hall–Kier alpha value is -1.81. The molecule has 3 rings (SSSR count). The monoisotopic (exact) mass is 258 g/mol. The largest absolute Gasteiger partial charge is 0.378 e. The van der Waals surface area contributed by atoms with E-state index in [1.807, 2.05) is 21.6 Å². The summed E-state index contributed by atoms with van der Waals surface area (Å²) in [5.74, 6) is 0.170. The summed E-state index contributed by atoms with van der Waals surface area (Å²) in [6, 6.07) is 8.20. The Morgan fingerprint density at radius 1 is 1.26 bits per heavy atom. The Labute approximate surface area is 112 Å². The predicted octanol–water partition coefficient (Wildman–Crippen LogP) is 1.81. The third kappa shape index (κ3) is 2.36. The summed E-state index contributed by atoms with van der Waals surface area (Å²) in [5, 5.41) is 1.22. The van der Waals surface area contributed by atoms with Crippen molar-refractivity contribution in [1.29, 1.82) is 0 Å². The average Bonchev–Trinajstić information content (AvgIpc) is 2.77. The normalized spacial score (nSPS) is 15.9. The molecular formula is C15H18N2O2. The fourth-order valence-electron chi connectivity index (χ4n) is 2.62. The number of benzene rings is 1. The fraction of sp³-hybridized carbons (Fsp3) is 0.400. The van der Waals surface area contributed by atoms with Gasteiger partial charge in [-0.25, -0.2) is 0 Å². The van der Waals surface area contributed by atoms with Crippen LogP contribution in [0.15, 0.2) is 30.5 Å². The van der Waals surface area contributed by atoms with Crippen LogP contribution in [0.1, 0.15) is 5.56 Å². The van der Waals surface area contributed by atoms with E-state index in [0.29, 0.717) is 32.8 Å². The molecule has 19 heavy (non-hydrogen) atoms. The standard InChI is InChI=1S/C15H18N2O2/c1-12-10-17(14-5-3-2-4-13(12)14)11-15(18)16-6-8-19-9-7-16/h2-5,10H,6-9,11H2,1H3. The minimum absolute atomic E-state index is 0.170. The van der Waals surface area contributed by atoms with E-state index in [1.165, 1.54) is 10.9 Å². The zero-order chi connectivity index (χ0) is 13.2. The second-order valence-corrected chi connectivity index (χ2v) is 4.95. The van der Waals surface area contributed by atoms with Crippen molar-refractivity contribution in [3.8, 4) is 0 Å². The Morgan fingerprint density at radius 2 is 2.00 bits per heavy atom. The summed E-state index contributed by atoms with van der Waals surface area (Å²) in [6.45, 7) is 5.20. The topological polar surface area (TPSA) is 34.5 Å². The van der Waals surface area contributed by atoms with Gasteiger partial charge in [0.15, 0.2) is 0 Å². The number of fused-ring (bicyclic) bond motifs is 1. The van der Waals surface area contributed by atoms with Crippen LogP contribution in [0.4, 0.5) is 0 Å². The van der Waals surface area contributed by atoms with Crippen LogP contribution in [0.2, 0.25) is 0 Å². The van der Waals surface area contributed by atoms with Crippen LogP contribution in [0.5, 0.6) is 0 Å². The van der Waals surface area contributed by atoms with Gasteiger partial charge < -0.3 is 14.2 Å². The van der Waals surface area contributed by atoms with Gasteiger partial charge in [-0.2, -0.15) is 0 Å². The number of amides is 1. The van der Waals surface area contributed by atoms with Crippen LogP contribution in [0.3, 0.4) is 0 Å². The van der Waals surface area contributed by atoms with Gasteiger partial charge in [-0.15, -0.1) is 0 Å². The van der Waals surface area contributed by atoms with Gasteiger partial charge in [0.1, 0.15) is 6.54 Å². The van der Waals surface area contributed by atoms with E-state index in [9.17, 15) is 4.79 Å². The van der Waals surface area contributed by atoms with Crippen LogP contribution in [-0.2, 0) is 16.1 Å². The minimum Gasteiger partial charge on any atom is -0.378 e. The number of hydrogen-bond acceptors (Lipinski definition) is 2. The minimum atomic E-state index is 0.170. The van der Waals surface area contributed by atoms with Crippen LogP contribution in [-0.4, -0.2) is 41.7 Å². The molecule has 0 atom stereocenters. The lowest BCUT2D eigenvalue weighted by molar-refractivity contribution is -0.135. The van der Waals surface area contributed by atoms with Crippen molar-refractivity contribution in [3.05, 3.63) is 36.0 Å². The molecule has 0 unspecified atom stereocenters. The molecule has 0 bridgehead atoms. The highest BCUT2D eigenvalue weighted by Crippen LogP contribution is 2.20. The predicted molar refractivity (Wildman–Crippen MR) is 74.1 cm³/mol. The first-order valence-corrected chi connectivity index (χ1v) is 6.66. The van der Waals surface area contributed by atoms with Crippen LogP contribution < -0.4 is 0 Å². The summed E-state index contributed by atoms with van der Waals surface area (Å²) < 4.78 is 7.32. The molecule has 1 aliphatic rings. The molecule has 2 aromatic rings. The number of aryl methyl sites for hydroxylation is 1. The van der Waals surface area contributed by atoms with Crippen LogP contribution in [0.25, 0.3) is 10.9 Å². The van der Waals surface area contributed by atoms with E-state index in [1.54, 1.807) is 0 Å². The van der Waals surface area contributed by atoms with E-state index in [2.05, 4.69) is 25.3 Å². The van der Waals surface area contributed by atoms with E-state index in [4.69, 9.17) is 4.74 Å². The molecule has 0 radical (unpaired) electrons. The van der Waals surface area contributed by atoms with E-state index < -0.39 is 0 Å². The molecule has 0 saturated carbocycles. The third-order valence-electron chi connectivity index (χ3n) is 3.66. The number of rotatable bonds is 2. The quantitative estimate of drug-likeness (QED) is 0.823. The Balaban J connectivity index is 1.83.